The van der Waals surface area contributed by atoms with E-state index < -0.39 is 0 Å². The highest BCUT2D eigenvalue weighted by Gasteiger charge is 2.37. The summed E-state index contributed by atoms with van der Waals surface area (Å²) in [6.07, 6.45) is 2.37. The highest BCUT2D eigenvalue weighted by atomic mass is 16.3. The van der Waals surface area contributed by atoms with Crippen LogP contribution in [0.1, 0.15) is 16.7 Å². The number of aromatic hydroxyl groups is 1. The van der Waals surface area contributed by atoms with Crippen molar-refractivity contribution < 1.29 is 5.11 Å². The molecule has 94 valence electrons. The number of phenolic OH excluding ortho intramolecular Hbond substituents is 1. The number of hydrogen-bond donors (Lipinski definition) is 1. The van der Waals surface area contributed by atoms with Gasteiger partial charge in [0, 0.05) is 0 Å². The van der Waals surface area contributed by atoms with Gasteiger partial charge in [-0.05, 0) is 48.1 Å². The number of nitriles is 1. The minimum absolute atomic E-state index is 0.268. The summed E-state index contributed by atoms with van der Waals surface area (Å²) in [7, 11) is 0. The summed E-state index contributed by atoms with van der Waals surface area (Å²) >= 11 is 0. The minimum atomic E-state index is -0.333. The monoisotopic (exact) mass is 249 g/mol. The Bertz CT molecular complexity index is 612. The summed E-state index contributed by atoms with van der Waals surface area (Å²) in [6, 6.07) is 18.0. The molecule has 0 spiro atoms. The smallest absolute Gasteiger partial charge is 0.115 e. The first-order valence-electron chi connectivity index (χ1n) is 6.47. The number of rotatable bonds is 2. The maximum absolute atomic E-state index is 9.61. The molecule has 1 aliphatic carbocycles. The van der Waals surface area contributed by atoms with E-state index in [9.17, 15) is 10.4 Å². The molecule has 0 amide bonds. The number of benzene rings is 2. The fourth-order valence-corrected chi connectivity index (χ4v) is 2.94. The van der Waals surface area contributed by atoms with Crippen LogP contribution in [0.15, 0.2) is 48.5 Å². The van der Waals surface area contributed by atoms with Gasteiger partial charge in [-0.2, -0.15) is 5.26 Å². The van der Waals surface area contributed by atoms with Gasteiger partial charge in [0.1, 0.15) is 5.75 Å². The molecular formula is C17H15NO. The van der Waals surface area contributed by atoms with Gasteiger partial charge in [0.05, 0.1) is 11.5 Å². The highest BCUT2D eigenvalue weighted by Crippen LogP contribution is 2.39. The second-order valence-electron chi connectivity index (χ2n) is 5.36. The third-order valence-electron chi connectivity index (χ3n) is 3.89. The zero-order valence-corrected chi connectivity index (χ0v) is 10.6. The van der Waals surface area contributed by atoms with Gasteiger partial charge in [0.25, 0.3) is 0 Å². The number of hydrogen-bond acceptors (Lipinski definition) is 2. The van der Waals surface area contributed by atoms with E-state index in [1.54, 1.807) is 12.1 Å². The maximum Gasteiger partial charge on any atom is 0.115 e. The Balaban J connectivity index is 1.87. The molecule has 0 radical (unpaired) electrons. The van der Waals surface area contributed by atoms with E-state index in [1.165, 1.54) is 11.1 Å². The van der Waals surface area contributed by atoms with Crippen LogP contribution in [0.4, 0.5) is 0 Å². The molecule has 0 unspecified atom stereocenters. The zero-order valence-electron chi connectivity index (χ0n) is 10.6. The largest absolute Gasteiger partial charge is 0.508 e. The van der Waals surface area contributed by atoms with Crippen LogP contribution in [-0.4, -0.2) is 5.11 Å². The van der Waals surface area contributed by atoms with E-state index in [0.717, 1.165) is 24.8 Å². The van der Waals surface area contributed by atoms with Crippen molar-refractivity contribution in [3.63, 3.8) is 0 Å². The van der Waals surface area contributed by atoms with Crippen LogP contribution in [0.2, 0.25) is 0 Å². The van der Waals surface area contributed by atoms with Gasteiger partial charge in [-0.1, -0.05) is 36.4 Å². The van der Waals surface area contributed by atoms with Crippen molar-refractivity contribution in [3.8, 4) is 11.8 Å². The summed E-state index contributed by atoms with van der Waals surface area (Å²) in [4.78, 5) is 0. The average molecular weight is 249 g/mol. The van der Waals surface area contributed by atoms with Crippen LogP contribution in [0, 0.1) is 16.7 Å². The Morgan fingerprint density at radius 2 is 1.58 bits per heavy atom. The topological polar surface area (TPSA) is 44.0 Å². The van der Waals surface area contributed by atoms with E-state index >= 15 is 0 Å². The molecule has 2 aromatic rings. The Hall–Kier alpha value is -2.27. The average Bonchev–Trinajstić information content (AvgIpc) is 2.80. The van der Waals surface area contributed by atoms with E-state index in [1.807, 2.05) is 24.3 Å². The molecule has 0 saturated carbocycles. The molecule has 0 heterocycles. The van der Waals surface area contributed by atoms with Crippen LogP contribution < -0.4 is 0 Å². The summed E-state index contributed by atoms with van der Waals surface area (Å²) in [5.41, 5.74) is 3.36. The fourth-order valence-electron chi connectivity index (χ4n) is 2.94. The highest BCUT2D eigenvalue weighted by molar-refractivity contribution is 5.39. The fraction of sp³-hybridized carbons (Fsp3) is 0.235. The third kappa shape index (κ3) is 2.20. The second-order valence-corrected chi connectivity index (χ2v) is 5.36. The van der Waals surface area contributed by atoms with Crippen molar-refractivity contribution >= 4 is 0 Å². The van der Waals surface area contributed by atoms with Gasteiger partial charge in [-0.25, -0.2) is 0 Å². The van der Waals surface area contributed by atoms with Gasteiger partial charge in [-0.3, -0.25) is 0 Å². The van der Waals surface area contributed by atoms with Gasteiger partial charge < -0.3 is 5.11 Å². The van der Waals surface area contributed by atoms with Crippen molar-refractivity contribution in [2.24, 2.45) is 5.41 Å². The summed E-state index contributed by atoms with van der Waals surface area (Å²) in [5.74, 6) is 0.268. The first-order valence-corrected chi connectivity index (χ1v) is 6.47. The molecule has 3 rings (SSSR count). The van der Waals surface area contributed by atoms with Gasteiger partial charge in [-0.15, -0.1) is 0 Å². The first-order chi connectivity index (χ1) is 9.21. The van der Waals surface area contributed by atoms with E-state index in [0.29, 0.717) is 0 Å². The molecule has 0 aliphatic heterocycles. The third-order valence-corrected chi connectivity index (χ3v) is 3.89. The lowest BCUT2D eigenvalue weighted by Gasteiger charge is -2.20. The van der Waals surface area contributed by atoms with Crippen LogP contribution in [0.3, 0.4) is 0 Å². The van der Waals surface area contributed by atoms with E-state index in [2.05, 4.69) is 18.2 Å². The summed E-state index contributed by atoms with van der Waals surface area (Å²) in [5, 5.41) is 18.9. The van der Waals surface area contributed by atoms with Crippen LogP contribution >= 0.6 is 0 Å². The Morgan fingerprint density at radius 1 is 1.00 bits per heavy atom. The molecule has 1 aliphatic rings. The lowest BCUT2D eigenvalue weighted by atomic mass is 9.80. The Labute approximate surface area is 112 Å². The lowest BCUT2D eigenvalue weighted by molar-refractivity contribution is 0.417. The molecule has 0 atom stereocenters. The molecule has 2 aromatic carbocycles. The van der Waals surface area contributed by atoms with Gasteiger partial charge in [0.2, 0.25) is 0 Å². The normalized spacial score (nSPS) is 15.7. The second kappa shape index (κ2) is 4.44. The standard InChI is InChI=1S/C17H15NO/c18-12-17(9-13-5-7-16(19)8-6-13)10-14-3-1-2-4-15(14)11-17/h1-8,19H,9-11H2. The van der Waals surface area contributed by atoms with Crippen molar-refractivity contribution in [2.75, 3.05) is 0 Å². The van der Waals surface area contributed by atoms with Crippen LogP contribution in [0.25, 0.3) is 0 Å². The summed E-state index contributed by atoms with van der Waals surface area (Å²) in [6.45, 7) is 0. The molecule has 19 heavy (non-hydrogen) atoms. The predicted octanol–water partition coefficient (Wildman–Crippen LogP) is 3.24. The Kier molecular flexibility index (Phi) is 2.76. The van der Waals surface area contributed by atoms with E-state index in [4.69, 9.17) is 0 Å². The quantitative estimate of drug-likeness (QED) is 0.888. The van der Waals surface area contributed by atoms with Crippen molar-refractivity contribution in [1.82, 2.24) is 0 Å². The SMILES string of the molecule is N#CC1(Cc2ccc(O)cc2)Cc2ccccc2C1. The number of fused-ring (bicyclic) bond motifs is 1. The maximum atomic E-state index is 9.61. The lowest BCUT2D eigenvalue weighted by Crippen LogP contribution is -2.22. The molecule has 0 bridgehead atoms. The van der Waals surface area contributed by atoms with Gasteiger partial charge >= 0.3 is 0 Å². The molecule has 0 fully saturated rings. The molecular weight excluding hydrogens is 234 g/mol. The summed E-state index contributed by atoms with van der Waals surface area (Å²) < 4.78 is 0. The number of nitrogens with zero attached hydrogens (tertiary/aromatic N) is 1. The number of phenols is 1. The predicted molar refractivity (Wildman–Crippen MR) is 73.7 cm³/mol. The van der Waals surface area contributed by atoms with Crippen LogP contribution in [0.5, 0.6) is 5.75 Å². The molecule has 2 heteroatoms. The van der Waals surface area contributed by atoms with Crippen LogP contribution in [-0.2, 0) is 19.3 Å². The van der Waals surface area contributed by atoms with Crippen molar-refractivity contribution in [2.45, 2.75) is 19.3 Å². The minimum Gasteiger partial charge on any atom is -0.508 e. The molecule has 2 nitrogen and oxygen atoms in total. The first kappa shape index (κ1) is 11.8. The van der Waals surface area contributed by atoms with Crippen molar-refractivity contribution in [1.29, 1.82) is 5.26 Å². The Morgan fingerprint density at radius 3 is 2.11 bits per heavy atom. The molecule has 1 N–H and O–H groups in total. The molecule has 0 saturated heterocycles. The van der Waals surface area contributed by atoms with Gasteiger partial charge in [0.15, 0.2) is 0 Å². The molecule has 0 aromatic heterocycles. The zero-order chi connectivity index (χ0) is 13.3. The van der Waals surface area contributed by atoms with E-state index in [-0.39, 0.29) is 11.2 Å². The van der Waals surface area contributed by atoms with Crippen molar-refractivity contribution in [3.05, 3.63) is 65.2 Å².